The Kier molecular flexibility index (Phi) is 5.38. The number of amides is 1. The van der Waals surface area contributed by atoms with Gasteiger partial charge in [0.05, 0.1) is 17.4 Å². The van der Waals surface area contributed by atoms with Gasteiger partial charge < -0.3 is 9.80 Å². The van der Waals surface area contributed by atoms with Crippen LogP contribution in [-0.4, -0.2) is 68.1 Å². The molecule has 0 N–H and O–H groups in total. The van der Waals surface area contributed by atoms with Crippen molar-refractivity contribution in [1.82, 2.24) is 24.4 Å². The van der Waals surface area contributed by atoms with Gasteiger partial charge in [-0.25, -0.2) is 18.9 Å². The fourth-order valence-electron chi connectivity index (χ4n) is 4.52. The molecular formula is C24H27FN8O. The largest absolute Gasteiger partial charge is 0.336 e. The lowest BCUT2D eigenvalue weighted by molar-refractivity contribution is 0.0324. The number of aromatic nitrogens is 3. The molecule has 1 aromatic carbocycles. The van der Waals surface area contributed by atoms with Gasteiger partial charge in [-0.3, -0.25) is 4.79 Å². The van der Waals surface area contributed by atoms with E-state index in [1.807, 2.05) is 24.8 Å². The molecule has 0 unspecified atom stereocenters. The second kappa shape index (κ2) is 8.27. The van der Waals surface area contributed by atoms with Crippen molar-refractivity contribution in [2.75, 3.05) is 26.3 Å². The van der Waals surface area contributed by atoms with Crippen LogP contribution in [0, 0.1) is 5.82 Å². The Morgan fingerprint density at radius 2 is 1.91 bits per heavy atom. The molecule has 34 heavy (non-hydrogen) atoms. The SMILES string of the molecule is CC(C)c1cc(-c2ccc(F)cc2)nn2cc(C(=O)N3CCN(C4=NCN=N4)CC3(C)C)nc12. The highest BCUT2D eigenvalue weighted by atomic mass is 19.1. The van der Waals surface area contributed by atoms with E-state index < -0.39 is 5.54 Å². The van der Waals surface area contributed by atoms with E-state index in [-0.39, 0.29) is 17.6 Å². The maximum absolute atomic E-state index is 13.6. The highest BCUT2D eigenvalue weighted by Crippen LogP contribution is 2.28. The first kappa shape index (κ1) is 22.1. The fraction of sp³-hybridized carbons (Fsp3) is 0.417. The highest BCUT2D eigenvalue weighted by molar-refractivity contribution is 5.94. The van der Waals surface area contributed by atoms with Gasteiger partial charge in [0.15, 0.2) is 12.3 Å². The van der Waals surface area contributed by atoms with Crippen LogP contribution in [0.2, 0.25) is 0 Å². The summed E-state index contributed by atoms with van der Waals surface area (Å²) in [4.78, 5) is 26.5. The zero-order valence-corrected chi connectivity index (χ0v) is 19.7. The number of piperazine rings is 1. The molecule has 0 saturated carbocycles. The Morgan fingerprint density at radius 1 is 1.15 bits per heavy atom. The zero-order chi connectivity index (χ0) is 24.0. The molecule has 0 bridgehead atoms. The van der Waals surface area contributed by atoms with Crippen molar-refractivity contribution in [3.8, 4) is 11.3 Å². The van der Waals surface area contributed by atoms with Gasteiger partial charge in [0.1, 0.15) is 11.5 Å². The predicted molar refractivity (Wildman–Crippen MR) is 126 cm³/mol. The predicted octanol–water partition coefficient (Wildman–Crippen LogP) is 3.97. The molecule has 1 amide bonds. The van der Waals surface area contributed by atoms with Gasteiger partial charge in [0, 0.05) is 30.8 Å². The Bertz CT molecular complexity index is 1310. The van der Waals surface area contributed by atoms with E-state index in [0.29, 0.717) is 49.3 Å². The van der Waals surface area contributed by atoms with Crippen molar-refractivity contribution >= 4 is 17.5 Å². The summed E-state index contributed by atoms with van der Waals surface area (Å²) in [6.45, 7) is 10.3. The molecule has 10 heteroatoms. The molecule has 1 fully saturated rings. The van der Waals surface area contributed by atoms with Gasteiger partial charge in [-0.15, -0.1) is 5.11 Å². The summed E-state index contributed by atoms with van der Waals surface area (Å²) in [6.07, 6.45) is 1.69. The van der Waals surface area contributed by atoms with Crippen LogP contribution in [0.3, 0.4) is 0 Å². The number of benzene rings is 1. The number of azo groups is 1. The number of carbonyl (C=O) groups excluding carboxylic acids is 1. The lowest BCUT2D eigenvalue weighted by atomic mass is 9.98. The van der Waals surface area contributed by atoms with E-state index in [4.69, 9.17) is 4.98 Å². The molecule has 0 radical (unpaired) electrons. The smallest absolute Gasteiger partial charge is 0.274 e. The van der Waals surface area contributed by atoms with E-state index in [1.54, 1.807) is 22.8 Å². The van der Waals surface area contributed by atoms with E-state index in [1.165, 1.54) is 12.1 Å². The molecule has 9 nitrogen and oxygen atoms in total. The Hall–Kier alpha value is -3.69. The summed E-state index contributed by atoms with van der Waals surface area (Å²) < 4.78 is 15.1. The number of hydrogen-bond acceptors (Lipinski definition) is 7. The van der Waals surface area contributed by atoms with Crippen molar-refractivity contribution in [3.63, 3.8) is 0 Å². The first-order valence-corrected chi connectivity index (χ1v) is 11.4. The maximum atomic E-state index is 13.6. The second-order valence-electron chi connectivity index (χ2n) is 9.57. The first-order chi connectivity index (χ1) is 16.2. The molecule has 2 aromatic heterocycles. The molecule has 2 aliphatic heterocycles. The van der Waals surface area contributed by atoms with Crippen molar-refractivity contribution in [2.45, 2.75) is 39.2 Å². The lowest BCUT2D eigenvalue weighted by Crippen LogP contribution is -2.61. The first-order valence-electron chi connectivity index (χ1n) is 11.4. The van der Waals surface area contributed by atoms with Crippen molar-refractivity contribution in [3.05, 3.63) is 53.6 Å². The monoisotopic (exact) mass is 462 g/mol. The minimum absolute atomic E-state index is 0.136. The Labute approximate surface area is 197 Å². The second-order valence-corrected chi connectivity index (χ2v) is 9.57. The number of hydrogen-bond donors (Lipinski definition) is 0. The molecule has 3 aromatic rings. The number of carbonyl (C=O) groups is 1. The van der Waals surface area contributed by atoms with Crippen LogP contribution in [0.5, 0.6) is 0 Å². The Morgan fingerprint density at radius 3 is 2.56 bits per heavy atom. The average Bonchev–Trinajstić information content (AvgIpc) is 3.48. The van der Waals surface area contributed by atoms with Gasteiger partial charge in [-0.05, 0) is 50.1 Å². The van der Waals surface area contributed by atoms with Gasteiger partial charge in [-0.1, -0.05) is 13.8 Å². The van der Waals surface area contributed by atoms with Crippen LogP contribution in [0.15, 0.2) is 51.7 Å². The molecule has 176 valence electrons. The number of fused-ring (bicyclic) bond motifs is 1. The Balaban J connectivity index is 1.48. The number of halogens is 1. The number of nitrogens with zero attached hydrogens (tertiary/aromatic N) is 8. The fourth-order valence-corrected chi connectivity index (χ4v) is 4.52. The third-order valence-corrected chi connectivity index (χ3v) is 6.30. The summed E-state index contributed by atoms with van der Waals surface area (Å²) in [6, 6.07) is 8.20. The number of aliphatic imine (C=N–C) groups is 1. The third-order valence-electron chi connectivity index (χ3n) is 6.30. The number of imidazole rings is 1. The van der Waals surface area contributed by atoms with Crippen LogP contribution < -0.4 is 0 Å². The van der Waals surface area contributed by atoms with E-state index in [2.05, 4.69) is 39.1 Å². The molecular weight excluding hydrogens is 435 g/mol. The summed E-state index contributed by atoms with van der Waals surface area (Å²) in [5, 5.41) is 12.7. The van der Waals surface area contributed by atoms with Crippen molar-refractivity contribution < 1.29 is 9.18 Å². The lowest BCUT2D eigenvalue weighted by Gasteiger charge is -2.46. The third kappa shape index (κ3) is 3.93. The van der Waals surface area contributed by atoms with E-state index >= 15 is 0 Å². The standard InChI is InChI=1S/C24H27FN8O/c1-15(2)18-11-19(16-5-7-17(25)8-6-16)30-33-12-20(28-21(18)33)22(34)32-10-9-31(13-24(32,3)4)23-26-14-27-29-23/h5-8,11-12,15H,9-10,13-14H2,1-4H3. The minimum atomic E-state index is -0.445. The summed E-state index contributed by atoms with van der Waals surface area (Å²) >= 11 is 0. The molecule has 4 heterocycles. The van der Waals surface area contributed by atoms with Crippen LogP contribution in [0.1, 0.15) is 49.7 Å². The van der Waals surface area contributed by atoms with Crippen LogP contribution in [0.4, 0.5) is 4.39 Å². The molecule has 5 rings (SSSR count). The summed E-state index contributed by atoms with van der Waals surface area (Å²) in [7, 11) is 0. The average molecular weight is 463 g/mol. The van der Waals surface area contributed by atoms with Gasteiger partial charge in [0.2, 0.25) is 5.96 Å². The summed E-state index contributed by atoms with van der Waals surface area (Å²) in [5.74, 6) is 0.363. The zero-order valence-electron chi connectivity index (χ0n) is 19.7. The molecule has 0 aliphatic carbocycles. The minimum Gasteiger partial charge on any atom is -0.336 e. The van der Waals surface area contributed by atoms with Crippen LogP contribution >= 0.6 is 0 Å². The molecule has 0 spiro atoms. The van der Waals surface area contributed by atoms with E-state index in [9.17, 15) is 9.18 Å². The van der Waals surface area contributed by atoms with Crippen molar-refractivity contribution in [1.29, 1.82) is 0 Å². The van der Waals surface area contributed by atoms with Crippen LogP contribution in [-0.2, 0) is 0 Å². The molecule has 2 aliphatic rings. The van der Waals surface area contributed by atoms with Crippen molar-refractivity contribution in [2.24, 2.45) is 15.2 Å². The maximum Gasteiger partial charge on any atom is 0.274 e. The van der Waals surface area contributed by atoms with Gasteiger partial charge in [-0.2, -0.15) is 10.2 Å². The normalized spacial score (nSPS) is 17.6. The molecule has 1 saturated heterocycles. The van der Waals surface area contributed by atoms with Gasteiger partial charge >= 0.3 is 0 Å². The number of rotatable bonds is 3. The van der Waals surface area contributed by atoms with E-state index in [0.717, 1.165) is 11.1 Å². The number of guanidine groups is 1. The summed E-state index contributed by atoms with van der Waals surface area (Å²) in [5.41, 5.74) is 3.04. The van der Waals surface area contributed by atoms with Crippen LogP contribution in [0.25, 0.3) is 16.9 Å². The quantitative estimate of drug-likeness (QED) is 0.589. The topological polar surface area (TPSA) is 90.8 Å². The molecule has 0 atom stereocenters. The highest BCUT2D eigenvalue weighted by Gasteiger charge is 2.39. The van der Waals surface area contributed by atoms with Gasteiger partial charge in [0.25, 0.3) is 5.91 Å².